The average molecular weight is 543 g/mol. The lowest BCUT2D eigenvalue weighted by molar-refractivity contribution is -0.153. The summed E-state index contributed by atoms with van der Waals surface area (Å²) in [6.45, 7) is 13.3. The molecule has 2 fully saturated rings. The zero-order valence-electron chi connectivity index (χ0n) is 22.0. The van der Waals surface area contributed by atoms with Gasteiger partial charge in [0.2, 0.25) is 0 Å². The minimum atomic E-state index is -0.186. The maximum Gasteiger partial charge on any atom is 0.316 e. The molecule has 0 saturated heterocycles. The molecule has 9 heteroatoms. The van der Waals surface area contributed by atoms with E-state index in [2.05, 4.69) is 51.7 Å². The minimum absolute atomic E-state index is 0.0147. The number of ether oxygens (including phenoxy) is 2. The first-order chi connectivity index (χ1) is 16.6. The predicted octanol–water partition coefficient (Wildman–Crippen LogP) is 6.73. The number of aromatic nitrogens is 2. The second-order valence-electron chi connectivity index (χ2n) is 11.1. The standard InChI is InChI=1S/C26H42N2O4S3/c1-15(2)19-9-7-17(5)11-21(19)31-23(29)13-33-25-27-28-26(35-25)34-14-24(30)32-22-12-18(6)8-10-20(22)16(3)4/h15-22H,7-14H2,1-6H3. The predicted molar refractivity (Wildman–Crippen MR) is 144 cm³/mol. The summed E-state index contributed by atoms with van der Waals surface area (Å²) in [5.41, 5.74) is 0. The summed E-state index contributed by atoms with van der Waals surface area (Å²) < 4.78 is 13.2. The van der Waals surface area contributed by atoms with Crippen molar-refractivity contribution in [1.29, 1.82) is 0 Å². The summed E-state index contributed by atoms with van der Waals surface area (Å²) in [5, 5.41) is 8.36. The molecule has 0 aromatic carbocycles. The van der Waals surface area contributed by atoms with E-state index in [0.29, 0.717) is 35.5 Å². The molecule has 1 aromatic heterocycles. The fourth-order valence-electron chi connectivity index (χ4n) is 5.46. The fourth-order valence-corrected chi connectivity index (χ4v) is 8.05. The molecule has 0 radical (unpaired) electrons. The molecule has 3 rings (SSSR count). The van der Waals surface area contributed by atoms with Crippen LogP contribution in [-0.2, 0) is 19.1 Å². The Morgan fingerprint density at radius 2 is 1.20 bits per heavy atom. The van der Waals surface area contributed by atoms with Crippen LogP contribution in [0.5, 0.6) is 0 Å². The van der Waals surface area contributed by atoms with E-state index in [1.165, 1.54) is 47.7 Å². The van der Waals surface area contributed by atoms with Crippen LogP contribution in [0.3, 0.4) is 0 Å². The van der Waals surface area contributed by atoms with Gasteiger partial charge in [0, 0.05) is 0 Å². The molecule has 0 aliphatic heterocycles. The van der Waals surface area contributed by atoms with Gasteiger partial charge < -0.3 is 9.47 Å². The van der Waals surface area contributed by atoms with Gasteiger partial charge in [-0.1, -0.05) is 89.2 Å². The molecule has 2 aliphatic carbocycles. The molecule has 1 aromatic rings. The molecule has 6 atom stereocenters. The molecular formula is C26H42N2O4S3. The number of carbonyl (C=O) groups is 2. The highest BCUT2D eigenvalue weighted by atomic mass is 32.2. The van der Waals surface area contributed by atoms with Gasteiger partial charge in [0.25, 0.3) is 0 Å². The van der Waals surface area contributed by atoms with E-state index in [1.807, 2.05) is 0 Å². The first kappa shape index (κ1) is 28.8. The second kappa shape index (κ2) is 13.7. The molecule has 6 nitrogen and oxygen atoms in total. The van der Waals surface area contributed by atoms with Gasteiger partial charge in [0.05, 0.1) is 11.5 Å². The largest absolute Gasteiger partial charge is 0.461 e. The third-order valence-corrected chi connectivity index (χ3v) is 10.6. The first-order valence-electron chi connectivity index (χ1n) is 13.1. The molecule has 0 N–H and O–H groups in total. The summed E-state index contributed by atoms with van der Waals surface area (Å²) in [6.07, 6.45) is 6.61. The topological polar surface area (TPSA) is 78.4 Å². The maximum atomic E-state index is 12.5. The molecule has 1 heterocycles. The van der Waals surface area contributed by atoms with Gasteiger partial charge in [-0.15, -0.1) is 10.2 Å². The highest BCUT2D eigenvalue weighted by Gasteiger charge is 2.34. The van der Waals surface area contributed by atoms with Crippen molar-refractivity contribution in [2.24, 2.45) is 35.5 Å². The molecule has 198 valence electrons. The van der Waals surface area contributed by atoms with Gasteiger partial charge in [-0.05, 0) is 61.2 Å². The second-order valence-corrected chi connectivity index (χ2v) is 14.5. The van der Waals surface area contributed by atoms with Crippen LogP contribution < -0.4 is 0 Å². The number of thioether (sulfide) groups is 2. The van der Waals surface area contributed by atoms with Crippen LogP contribution in [0, 0.1) is 35.5 Å². The van der Waals surface area contributed by atoms with Crippen molar-refractivity contribution in [3.63, 3.8) is 0 Å². The molecule has 0 spiro atoms. The van der Waals surface area contributed by atoms with Crippen molar-refractivity contribution in [2.75, 3.05) is 11.5 Å². The smallest absolute Gasteiger partial charge is 0.316 e. The van der Waals surface area contributed by atoms with Crippen molar-refractivity contribution in [2.45, 2.75) is 101 Å². The van der Waals surface area contributed by atoms with Gasteiger partial charge in [-0.25, -0.2) is 0 Å². The van der Waals surface area contributed by atoms with Crippen LogP contribution in [0.1, 0.15) is 80.1 Å². The number of esters is 2. The van der Waals surface area contributed by atoms with Crippen LogP contribution in [0.4, 0.5) is 0 Å². The van der Waals surface area contributed by atoms with Gasteiger partial charge in [0.1, 0.15) is 12.2 Å². The molecule has 2 aliphatic rings. The molecule has 35 heavy (non-hydrogen) atoms. The Morgan fingerprint density at radius 1 is 0.800 bits per heavy atom. The molecular weight excluding hydrogens is 500 g/mol. The van der Waals surface area contributed by atoms with E-state index in [0.717, 1.165) is 34.4 Å². The Labute approximate surface area is 223 Å². The Balaban J connectivity index is 1.41. The Kier molecular flexibility index (Phi) is 11.2. The number of rotatable bonds is 10. The molecule has 0 bridgehead atoms. The Hall–Kier alpha value is -0.800. The van der Waals surface area contributed by atoms with Gasteiger partial charge in [0.15, 0.2) is 8.68 Å². The zero-order chi connectivity index (χ0) is 25.5. The first-order valence-corrected chi connectivity index (χ1v) is 15.9. The van der Waals surface area contributed by atoms with Crippen molar-refractivity contribution < 1.29 is 19.1 Å². The summed E-state index contributed by atoms with van der Waals surface area (Å²) in [6, 6.07) is 0. The van der Waals surface area contributed by atoms with Crippen LogP contribution >= 0.6 is 34.9 Å². The number of hydrogen-bond acceptors (Lipinski definition) is 9. The van der Waals surface area contributed by atoms with E-state index >= 15 is 0 Å². The van der Waals surface area contributed by atoms with Crippen LogP contribution in [0.25, 0.3) is 0 Å². The van der Waals surface area contributed by atoms with Crippen LogP contribution in [-0.4, -0.2) is 45.8 Å². The normalized spacial score (nSPS) is 29.4. The van der Waals surface area contributed by atoms with E-state index in [1.54, 1.807) is 0 Å². The minimum Gasteiger partial charge on any atom is -0.461 e. The summed E-state index contributed by atoms with van der Waals surface area (Å²) in [4.78, 5) is 25.0. The third-order valence-electron chi connectivity index (χ3n) is 7.50. The lowest BCUT2D eigenvalue weighted by Gasteiger charge is -2.36. The highest BCUT2D eigenvalue weighted by molar-refractivity contribution is 8.03. The van der Waals surface area contributed by atoms with E-state index in [-0.39, 0.29) is 35.7 Å². The van der Waals surface area contributed by atoms with Gasteiger partial charge in [-0.2, -0.15) is 0 Å². The lowest BCUT2D eigenvalue weighted by atomic mass is 9.75. The van der Waals surface area contributed by atoms with Crippen molar-refractivity contribution >= 4 is 46.8 Å². The van der Waals surface area contributed by atoms with E-state index in [4.69, 9.17) is 9.47 Å². The van der Waals surface area contributed by atoms with Crippen LogP contribution in [0.2, 0.25) is 0 Å². The summed E-state index contributed by atoms with van der Waals surface area (Å²) in [7, 11) is 0. The zero-order valence-corrected chi connectivity index (χ0v) is 24.5. The lowest BCUT2D eigenvalue weighted by Crippen LogP contribution is -2.36. The van der Waals surface area contributed by atoms with E-state index < -0.39 is 0 Å². The monoisotopic (exact) mass is 542 g/mol. The van der Waals surface area contributed by atoms with Crippen LogP contribution in [0.15, 0.2) is 8.68 Å². The Morgan fingerprint density at radius 3 is 1.57 bits per heavy atom. The van der Waals surface area contributed by atoms with Gasteiger partial charge in [-0.3, -0.25) is 9.59 Å². The molecule has 2 saturated carbocycles. The fraction of sp³-hybridized carbons (Fsp3) is 0.846. The third kappa shape index (κ3) is 8.92. The highest BCUT2D eigenvalue weighted by Crippen LogP contribution is 2.37. The van der Waals surface area contributed by atoms with Gasteiger partial charge >= 0.3 is 11.9 Å². The summed E-state index contributed by atoms with van der Waals surface area (Å²) >= 11 is 4.12. The summed E-state index contributed by atoms with van der Waals surface area (Å²) in [5.74, 6) is 3.20. The number of nitrogens with zero attached hydrogens (tertiary/aromatic N) is 2. The Bertz CT molecular complexity index is 767. The SMILES string of the molecule is CC1CCC(C(C)C)C(OC(=O)CSc2nnc(SCC(=O)OC3CC(C)CCC3C(C)C)s2)C1. The average Bonchev–Trinajstić information content (AvgIpc) is 3.24. The number of carbonyl (C=O) groups excluding carboxylic acids is 2. The molecule has 0 amide bonds. The van der Waals surface area contributed by atoms with Crippen molar-refractivity contribution in [1.82, 2.24) is 10.2 Å². The van der Waals surface area contributed by atoms with Crippen molar-refractivity contribution in [3.8, 4) is 0 Å². The molecule has 6 unspecified atom stereocenters. The quantitative estimate of drug-likeness (QED) is 0.238. The van der Waals surface area contributed by atoms with Crippen molar-refractivity contribution in [3.05, 3.63) is 0 Å². The number of hydrogen-bond donors (Lipinski definition) is 0. The van der Waals surface area contributed by atoms with E-state index in [9.17, 15) is 9.59 Å². The maximum absolute atomic E-state index is 12.5.